The third-order valence-corrected chi connectivity index (χ3v) is 5.43. The van der Waals surface area contributed by atoms with Crippen molar-refractivity contribution < 1.29 is 4.58 Å². The maximum absolute atomic E-state index is 2.71. The summed E-state index contributed by atoms with van der Waals surface area (Å²) in [7, 11) is 0. The molecule has 0 saturated carbocycles. The number of likely N-dealkylation sites (tertiary alicyclic amines) is 1. The summed E-state index contributed by atoms with van der Waals surface area (Å²) < 4.78 is 2.68. The molecule has 2 fully saturated rings. The maximum Gasteiger partial charge on any atom is 0.178 e. The third-order valence-electron chi connectivity index (χ3n) is 5.43. The zero-order chi connectivity index (χ0) is 14.7. The van der Waals surface area contributed by atoms with Crippen LogP contribution in [0, 0.1) is 5.41 Å². The SMILES string of the molecule is CC1(C)CC(N2CCCCCC2)=CC(=[N+]2CCCCC2)C1. The Morgan fingerprint density at radius 2 is 1.48 bits per heavy atom. The van der Waals surface area contributed by atoms with Gasteiger partial charge in [0.15, 0.2) is 5.71 Å². The van der Waals surface area contributed by atoms with E-state index in [4.69, 9.17) is 0 Å². The Bertz CT molecular complexity index is 415. The van der Waals surface area contributed by atoms with Crippen molar-refractivity contribution in [3.05, 3.63) is 11.8 Å². The van der Waals surface area contributed by atoms with E-state index < -0.39 is 0 Å². The van der Waals surface area contributed by atoms with Gasteiger partial charge in [-0.1, -0.05) is 26.7 Å². The van der Waals surface area contributed by atoms with Gasteiger partial charge in [-0.25, -0.2) is 4.58 Å². The predicted octanol–water partition coefficient (Wildman–Crippen LogP) is 4.20. The number of piperidine rings is 1. The molecule has 0 aromatic carbocycles. The molecule has 118 valence electrons. The molecule has 2 heterocycles. The standard InChI is InChI=1S/C19H33N2/c1-19(2)15-17(20-10-6-3-4-7-11-20)14-18(16-19)21-12-8-5-9-13-21/h14H,3-13,15-16H2,1-2H3/q+1. The second kappa shape index (κ2) is 6.54. The molecule has 3 aliphatic rings. The van der Waals surface area contributed by atoms with E-state index in [1.165, 1.54) is 84.0 Å². The van der Waals surface area contributed by atoms with Crippen LogP contribution >= 0.6 is 0 Å². The third kappa shape index (κ3) is 3.90. The summed E-state index contributed by atoms with van der Waals surface area (Å²) in [6.45, 7) is 10.1. The van der Waals surface area contributed by atoms with E-state index in [0.29, 0.717) is 5.41 Å². The minimum absolute atomic E-state index is 0.434. The van der Waals surface area contributed by atoms with Crippen LogP contribution in [0.25, 0.3) is 0 Å². The Hall–Kier alpha value is -0.790. The molecule has 3 rings (SSSR count). The zero-order valence-corrected chi connectivity index (χ0v) is 14.2. The second-order valence-corrected chi connectivity index (χ2v) is 8.09. The lowest BCUT2D eigenvalue weighted by molar-refractivity contribution is -0.538. The molecule has 0 radical (unpaired) electrons. The summed E-state index contributed by atoms with van der Waals surface area (Å²) in [6, 6.07) is 0. The van der Waals surface area contributed by atoms with E-state index in [1.807, 2.05) is 0 Å². The molecule has 0 aromatic heterocycles. The highest BCUT2D eigenvalue weighted by Crippen LogP contribution is 2.36. The van der Waals surface area contributed by atoms with Crippen LogP contribution in [0.15, 0.2) is 11.8 Å². The number of hydrogen-bond donors (Lipinski definition) is 0. The first-order chi connectivity index (χ1) is 10.1. The second-order valence-electron chi connectivity index (χ2n) is 8.09. The summed E-state index contributed by atoms with van der Waals surface area (Å²) >= 11 is 0. The maximum atomic E-state index is 2.71. The number of hydrogen-bond acceptors (Lipinski definition) is 1. The quantitative estimate of drug-likeness (QED) is 0.656. The smallest absolute Gasteiger partial charge is 0.178 e. The molecule has 2 heteroatoms. The van der Waals surface area contributed by atoms with Crippen LogP contribution in [0.5, 0.6) is 0 Å². The lowest BCUT2D eigenvalue weighted by atomic mass is 9.78. The highest BCUT2D eigenvalue weighted by Gasteiger charge is 2.33. The fourth-order valence-electron chi connectivity index (χ4n) is 4.28. The summed E-state index contributed by atoms with van der Waals surface area (Å²) in [4.78, 5) is 2.71. The van der Waals surface area contributed by atoms with Gasteiger partial charge in [0, 0.05) is 44.1 Å². The van der Waals surface area contributed by atoms with Gasteiger partial charge in [-0.15, -0.1) is 0 Å². The van der Waals surface area contributed by atoms with Gasteiger partial charge < -0.3 is 4.90 Å². The van der Waals surface area contributed by atoms with E-state index >= 15 is 0 Å². The van der Waals surface area contributed by atoms with Gasteiger partial charge in [0.05, 0.1) is 0 Å². The van der Waals surface area contributed by atoms with E-state index in [9.17, 15) is 0 Å². The molecule has 0 spiro atoms. The van der Waals surface area contributed by atoms with Crippen LogP contribution in [-0.2, 0) is 0 Å². The first kappa shape index (κ1) is 15.1. The Kier molecular flexibility index (Phi) is 4.71. The van der Waals surface area contributed by atoms with Gasteiger partial charge in [-0.2, -0.15) is 0 Å². The van der Waals surface area contributed by atoms with Crippen molar-refractivity contribution in [3.63, 3.8) is 0 Å². The Balaban J connectivity index is 1.84. The van der Waals surface area contributed by atoms with Gasteiger partial charge in [-0.3, -0.25) is 0 Å². The van der Waals surface area contributed by atoms with E-state index in [2.05, 4.69) is 29.4 Å². The minimum Gasteiger partial charge on any atom is -0.375 e. The van der Waals surface area contributed by atoms with Crippen LogP contribution in [0.2, 0.25) is 0 Å². The molecule has 0 amide bonds. The van der Waals surface area contributed by atoms with Crippen molar-refractivity contribution in [1.29, 1.82) is 0 Å². The van der Waals surface area contributed by atoms with E-state index in [1.54, 1.807) is 11.4 Å². The van der Waals surface area contributed by atoms with Crippen LogP contribution < -0.4 is 0 Å². The largest absolute Gasteiger partial charge is 0.375 e. The van der Waals surface area contributed by atoms with Crippen LogP contribution in [0.4, 0.5) is 0 Å². The molecular weight excluding hydrogens is 256 g/mol. The van der Waals surface area contributed by atoms with Crippen molar-refractivity contribution in [2.24, 2.45) is 5.41 Å². The van der Waals surface area contributed by atoms with Gasteiger partial charge in [0.25, 0.3) is 0 Å². The van der Waals surface area contributed by atoms with Crippen molar-refractivity contribution in [3.8, 4) is 0 Å². The topological polar surface area (TPSA) is 6.25 Å². The van der Waals surface area contributed by atoms with Crippen LogP contribution in [-0.4, -0.2) is 41.4 Å². The molecule has 1 aliphatic carbocycles. The first-order valence-corrected chi connectivity index (χ1v) is 9.20. The van der Waals surface area contributed by atoms with Crippen molar-refractivity contribution in [2.75, 3.05) is 26.2 Å². The van der Waals surface area contributed by atoms with E-state index in [0.717, 1.165) is 0 Å². The molecule has 0 aromatic rings. The number of nitrogens with zero attached hydrogens (tertiary/aromatic N) is 2. The normalized spacial score (nSPS) is 27.3. The summed E-state index contributed by atoms with van der Waals surface area (Å²) in [5.74, 6) is 0. The highest BCUT2D eigenvalue weighted by molar-refractivity contribution is 5.92. The Morgan fingerprint density at radius 1 is 0.857 bits per heavy atom. The molecule has 0 unspecified atom stereocenters. The average molecular weight is 289 g/mol. The molecule has 2 nitrogen and oxygen atoms in total. The Labute approximate surface area is 130 Å². The fraction of sp³-hybridized carbons (Fsp3) is 0.842. The van der Waals surface area contributed by atoms with Crippen molar-refractivity contribution in [2.45, 2.75) is 71.6 Å². The molecule has 0 bridgehead atoms. The Morgan fingerprint density at radius 3 is 2.14 bits per heavy atom. The molecule has 21 heavy (non-hydrogen) atoms. The average Bonchev–Trinajstić information content (AvgIpc) is 2.75. The lowest BCUT2D eigenvalue weighted by Crippen LogP contribution is -2.36. The zero-order valence-electron chi connectivity index (χ0n) is 14.2. The van der Waals surface area contributed by atoms with Crippen LogP contribution in [0.3, 0.4) is 0 Å². The van der Waals surface area contributed by atoms with Gasteiger partial charge in [-0.05, 0) is 31.1 Å². The summed E-state index contributed by atoms with van der Waals surface area (Å²) in [6.07, 6.45) is 14.9. The summed E-state index contributed by atoms with van der Waals surface area (Å²) in [5.41, 5.74) is 3.70. The number of allylic oxidation sites excluding steroid dienone is 2. The van der Waals surface area contributed by atoms with Gasteiger partial charge >= 0.3 is 0 Å². The molecule has 0 N–H and O–H groups in total. The lowest BCUT2D eigenvalue weighted by Gasteiger charge is -2.36. The van der Waals surface area contributed by atoms with Gasteiger partial charge in [0.1, 0.15) is 13.1 Å². The van der Waals surface area contributed by atoms with Gasteiger partial charge in [0.2, 0.25) is 0 Å². The number of rotatable bonds is 1. The molecule has 2 saturated heterocycles. The van der Waals surface area contributed by atoms with Crippen molar-refractivity contribution >= 4 is 5.71 Å². The van der Waals surface area contributed by atoms with E-state index in [-0.39, 0.29) is 0 Å². The fourth-order valence-corrected chi connectivity index (χ4v) is 4.28. The molecular formula is C19H33N2+. The minimum atomic E-state index is 0.434. The molecule has 0 atom stereocenters. The van der Waals surface area contributed by atoms with Crippen LogP contribution in [0.1, 0.15) is 71.6 Å². The summed E-state index contributed by atoms with van der Waals surface area (Å²) in [5, 5.41) is 0. The van der Waals surface area contributed by atoms with Crippen molar-refractivity contribution in [1.82, 2.24) is 4.90 Å². The predicted molar refractivity (Wildman–Crippen MR) is 90.0 cm³/mol. The molecule has 2 aliphatic heterocycles. The monoisotopic (exact) mass is 289 g/mol. The highest BCUT2D eigenvalue weighted by atomic mass is 15.1. The first-order valence-electron chi connectivity index (χ1n) is 9.20.